The summed E-state index contributed by atoms with van der Waals surface area (Å²) in [5.74, 6) is 0.724. The summed E-state index contributed by atoms with van der Waals surface area (Å²) < 4.78 is 5.28. The Kier molecular flexibility index (Phi) is 4.10. The van der Waals surface area contributed by atoms with E-state index in [1.54, 1.807) is 7.11 Å². The molecular weight excluding hydrogens is 242 g/mol. The van der Waals surface area contributed by atoms with E-state index in [-0.39, 0.29) is 12.5 Å². The average Bonchev–Trinajstić information content (AvgIpc) is 2.36. The molecular formula is C15H21NO3. The lowest BCUT2D eigenvalue weighted by molar-refractivity contribution is -0.139. The molecule has 0 aliphatic heterocycles. The third kappa shape index (κ3) is 2.73. The van der Waals surface area contributed by atoms with Crippen molar-refractivity contribution in [1.29, 1.82) is 0 Å². The minimum atomic E-state index is -0.545. The van der Waals surface area contributed by atoms with Crippen molar-refractivity contribution in [2.75, 3.05) is 13.7 Å². The van der Waals surface area contributed by atoms with Gasteiger partial charge >= 0.3 is 0 Å². The molecule has 0 spiro atoms. The van der Waals surface area contributed by atoms with Crippen LogP contribution >= 0.6 is 0 Å². The van der Waals surface area contributed by atoms with Crippen molar-refractivity contribution in [2.24, 2.45) is 5.41 Å². The van der Waals surface area contributed by atoms with Gasteiger partial charge in [0.15, 0.2) is 0 Å². The third-order valence-corrected chi connectivity index (χ3v) is 3.97. The van der Waals surface area contributed by atoms with E-state index >= 15 is 0 Å². The summed E-state index contributed by atoms with van der Waals surface area (Å²) in [6, 6.07) is 5.89. The zero-order chi connectivity index (χ0) is 13.9. The van der Waals surface area contributed by atoms with Crippen LogP contribution in [0.1, 0.15) is 30.4 Å². The summed E-state index contributed by atoms with van der Waals surface area (Å²) in [6.07, 6.45) is 2.57. The molecule has 1 aliphatic carbocycles. The van der Waals surface area contributed by atoms with Crippen LogP contribution in [0.25, 0.3) is 0 Å². The predicted octanol–water partition coefficient (Wildman–Crippen LogP) is 1.78. The third-order valence-electron chi connectivity index (χ3n) is 3.97. The van der Waals surface area contributed by atoms with E-state index in [0.717, 1.165) is 36.1 Å². The van der Waals surface area contributed by atoms with E-state index in [1.165, 1.54) is 0 Å². The number of aryl methyl sites for hydroxylation is 1. The number of rotatable bonds is 5. The molecule has 0 heterocycles. The van der Waals surface area contributed by atoms with Gasteiger partial charge in [-0.25, -0.2) is 0 Å². The number of hydrogen-bond acceptors (Lipinski definition) is 3. The van der Waals surface area contributed by atoms with Crippen molar-refractivity contribution in [3.63, 3.8) is 0 Å². The molecule has 104 valence electrons. The molecule has 0 aromatic heterocycles. The van der Waals surface area contributed by atoms with Gasteiger partial charge in [-0.05, 0) is 25.8 Å². The van der Waals surface area contributed by atoms with Crippen LogP contribution in [0.2, 0.25) is 0 Å². The van der Waals surface area contributed by atoms with Crippen LogP contribution in [0.15, 0.2) is 18.2 Å². The smallest absolute Gasteiger partial charge is 0.228 e. The fourth-order valence-corrected chi connectivity index (χ4v) is 2.47. The van der Waals surface area contributed by atoms with Crippen LogP contribution in [0, 0.1) is 12.3 Å². The number of methoxy groups -OCH3 is 1. The van der Waals surface area contributed by atoms with Crippen LogP contribution in [-0.4, -0.2) is 24.7 Å². The highest BCUT2D eigenvalue weighted by Crippen LogP contribution is 2.40. The highest BCUT2D eigenvalue weighted by atomic mass is 16.5. The maximum Gasteiger partial charge on any atom is 0.228 e. The zero-order valence-corrected chi connectivity index (χ0v) is 11.5. The summed E-state index contributed by atoms with van der Waals surface area (Å²) in [4.78, 5) is 12.1. The molecule has 19 heavy (non-hydrogen) atoms. The Bertz CT molecular complexity index is 461. The van der Waals surface area contributed by atoms with Gasteiger partial charge in [0.2, 0.25) is 5.91 Å². The van der Waals surface area contributed by atoms with E-state index in [1.807, 2.05) is 25.1 Å². The van der Waals surface area contributed by atoms with Crippen molar-refractivity contribution >= 4 is 5.91 Å². The van der Waals surface area contributed by atoms with Gasteiger partial charge in [0.05, 0.1) is 19.1 Å². The zero-order valence-electron chi connectivity index (χ0n) is 11.5. The maximum absolute atomic E-state index is 12.1. The molecule has 4 nitrogen and oxygen atoms in total. The molecule has 2 N–H and O–H groups in total. The first kappa shape index (κ1) is 13.9. The second-order valence-corrected chi connectivity index (χ2v) is 5.29. The number of carbonyl (C=O) groups excluding carboxylic acids is 1. The van der Waals surface area contributed by atoms with Gasteiger partial charge in [-0.1, -0.05) is 24.1 Å². The van der Waals surface area contributed by atoms with Gasteiger partial charge < -0.3 is 15.2 Å². The van der Waals surface area contributed by atoms with Crippen LogP contribution in [0.4, 0.5) is 0 Å². The molecule has 1 saturated carbocycles. The summed E-state index contributed by atoms with van der Waals surface area (Å²) in [5.41, 5.74) is 1.55. The lowest BCUT2D eigenvalue weighted by atomic mass is 9.68. The highest BCUT2D eigenvalue weighted by molar-refractivity contribution is 5.83. The van der Waals surface area contributed by atoms with E-state index in [2.05, 4.69) is 5.32 Å². The number of ether oxygens (including phenoxy) is 1. The number of hydrogen-bond donors (Lipinski definition) is 2. The molecule has 2 rings (SSSR count). The average molecular weight is 263 g/mol. The van der Waals surface area contributed by atoms with Crippen molar-refractivity contribution in [2.45, 2.75) is 32.7 Å². The van der Waals surface area contributed by atoms with Crippen molar-refractivity contribution in [3.05, 3.63) is 29.3 Å². The number of aliphatic hydroxyl groups excluding tert-OH is 1. The summed E-state index contributed by atoms with van der Waals surface area (Å²) in [7, 11) is 1.62. The molecule has 1 amide bonds. The minimum Gasteiger partial charge on any atom is -0.496 e. The number of amides is 1. The van der Waals surface area contributed by atoms with Gasteiger partial charge in [-0.3, -0.25) is 4.79 Å². The second kappa shape index (κ2) is 5.61. The van der Waals surface area contributed by atoms with Crippen LogP contribution in [0.3, 0.4) is 0 Å². The SMILES string of the molecule is COc1ccc(C)cc1CNC(=O)C1(CO)CCC1. The van der Waals surface area contributed by atoms with Gasteiger partial charge in [0.1, 0.15) is 5.75 Å². The molecule has 1 fully saturated rings. The van der Waals surface area contributed by atoms with Crippen LogP contribution in [0.5, 0.6) is 5.75 Å². The Labute approximate surface area is 113 Å². The standard InChI is InChI=1S/C15H21NO3/c1-11-4-5-13(19-2)12(8-11)9-16-14(18)15(10-17)6-3-7-15/h4-5,8,17H,3,6-7,9-10H2,1-2H3,(H,16,18). The van der Waals surface area contributed by atoms with Crippen molar-refractivity contribution in [1.82, 2.24) is 5.32 Å². The van der Waals surface area contributed by atoms with Crippen molar-refractivity contribution < 1.29 is 14.6 Å². The molecule has 1 aromatic rings. The first-order valence-electron chi connectivity index (χ1n) is 6.64. The number of benzene rings is 1. The van der Waals surface area contributed by atoms with E-state index < -0.39 is 5.41 Å². The van der Waals surface area contributed by atoms with Gasteiger partial charge in [-0.2, -0.15) is 0 Å². The quantitative estimate of drug-likeness (QED) is 0.851. The highest BCUT2D eigenvalue weighted by Gasteiger charge is 2.43. The Balaban J connectivity index is 2.02. The van der Waals surface area contributed by atoms with E-state index in [0.29, 0.717) is 6.54 Å². The van der Waals surface area contributed by atoms with E-state index in [9.17, 15) is 9.90 Å². The molecule has 0 atom stereocenters. The fourth-order valence-electron chi connectivity index (χ4n) is 2.47. The first-order valence-corrected chi connectivity index (χ1v) is 6.64. The maximum atomic E-state index is 12.1. The summed E-state index contributed by atoms with van der Waals surface area (Å²) in [6.45, 7) is 2.38. The van der Waals surface area contributed by atoms with Gasteiger partial charge in [-0.15, -0.1) is 0 Å². The Hall–Kier alpha value is -1.55. The van der Waals surface area contributed by atoms with Gasteiger partial charge in [0.25, 0.3) is 0 Å². The Morgan fingerprint density at radius 2 is 2.21 bits per heavy atom. The topological polar surface area (TPSA) is 58.6 Å². The molecule has 0 bridgehead atoms. The van der Waals surface area contributed by atoms with Crippen molar-refractivity contribution in [3.8, 4) is 5.75 Å². The fraction of sp³-hybridized carbons (Fsp3) is 0.533. The first-order chi connectivity index (χ1) is 9.11. The number of carbonyl (C=O) groups is 1. The lowest BCUT2D eigenvalue weighted by Crippen LogP contribution is -2.47. The molecule has 0 unspecified atom stereocenters. The number of aliphatic hydroxyl groups is 1. The van der Waals surface area contributed by atoms with Gasteiger partial charge in [0, 0.05) is 12.1 Å². The molecule has 1 aliphatic rings. The molecule has 0 radical (unpaired) electrons. The summed E-state index contributed by atoms with van der Waals surface area (Å²) in [5, 5.41) is 12.3. The predicted molar refractivity (Wildman–Crippen MR) is 72.9 cm³/mol. The molecule has 0 saturated heterocycles. The van der Waals surface area contributed by atoms with E-state index in [4.69, 9.17) is 4.74 Å². The minimum absolute atomic E-state index is 0.0511. The largest absolute Gasteiger partial charge is 0.496 e. The molecule has 1 aromatic carbocycles. The second-order valence-electron chi connectivity index (χ2n) is 5.29. The molecule has 4 heteroatoms. The number of nitrogens with one attached hydrogen (secondary N) is 1. The van der Waals surface area contributed by atoms with Crippen LogP contribution in [-0.2, 0) is 11.3 Å². The monoisotopic (exact) mass is 263 g/mol. The van der Waals surface area contributed by atoms with Crippen LogP contribution < -0.4 is 10.1 Å². The Morgan fingerprint density at radius 1 is 1.47 bits per heavy atom. The Morgan fingerprint density at radius 3 is 2.74 bits per heavy atom. The normalized spacial score (nSPS) is 16.6. The summed E-state index contributed by atoms with van der Waals surface area (Å²) >= 11 is 0. The lowest BCUT2D eigenvalue weighted by Gasteiger charge is -2.38.